The minimum absolute atomic E-state index is 0.00254. The molecule has 0 radical (unpaired) electrons. The van der Waals surface area contributed by atoms with Gasteiger partial charge in [-0.05, 0) is 47.8 Å². The minimum atomic E-state index is 0.00254. The molecule has 2 aromatic rings. The summed E-state index contributed by atoms with van der Waals surface area (Å²) in [4.78, 5) is 23.1. The third kappa shape index (κ3) is 2.85. The Morgan fingerprint density at radius 1 is 1.43 bits per heavy atom. The Labute approximate surface area is 132 Å². The lowest BCUT2D eigenvalue weighted by atomic mass is 10.2. The van der Waals surface area contributed by atoms with E-state index in [1.807, 2.05) is 30.2 Å². The lowest BCUT2D eigenvalue weighted by Crippen LogP contribution is -2.38. The van der Waals surface area contributed by atoms with E-state index in [2.05, 4.69) is 30.5 Å². The van der Waals surface area contributed by atoms with Crippen molar-refractivity contribution in [2.45, 2.75) is 32.4 Å². The highest BCUT2D eigenvalue weighted by Crippen LogP contribution is 2.24. The molecule has 1 amide bonds. The third-order valence-electron chi connectivity index (χ3n) is 3.93. The first-order chi connectivity index (χ1) is 10.2. The van der Waals surface area contributed by atoms with E-state index >= 15 is 0 Å². The summed E-state index contributed by atoms with van der Waals surface area (Å²) in [5.74, 6) is 0.982. The molecule has 1 aliphatic rings. The molecule has 1 aliphatic heterocycles. The van der Waals surface area contributed by atoms with Crippen LogP contribution in [0.1, 0.15) is 29.2 Å². The Morgan fingerprint density at radius 3 is 3.00 bits per heavy atom. The molecule has 3 rings (SSSR count). The van der Waals surface area contributed by atoms with Crippen molar-refractivity contribution in [1.82, 2.24) is 19.4 Å². The van der Waals surface area contributed by atoms with Crippen molar-refractivity contribution in [1.29, 1.82) is 0 Å². The molecule has 1 atom stereocenters. The molecule has 0 N–H and O–H groups in total. The standard InChI is InChI=1S/C15H17BrN4O/c1-11-17-7-9-19(11)10-12-4-3-8-20(12)15(21)14-13(16)5-2-6-18-14/h2,5-7,9,12H,3-4,8,10H2,1H3. The summed E-state index contributed by atoms with van der Waals surface area (Å²) in [5, 5.41) is 0. The van der Waals surface area contributed by atoms with Gasteiger partial charge in [-0.1, -0.05) is 0 Å². The molecule has 1 saturated heterocycles. The lowest BCUT2D eigenvalue weighted by molar-refractivity contribution is 0.0716. The number of hydrogen-bond donors (Lipinski definition) is 0. The van der Waals surface area contributed by atoms with Crippen LogP contribution in [0.3, 0.4) is 0 Å². The van der Waals surface area contributed by atoms with Gasteiger partial charge in [-0.2, -0.15) is 0 Å². The normalized spacial score (nSPS) is 18.2. The molecule has 21 heavy (non-hydrogen) atoms. The number of aryl methyl sites for hydroxylation is 1. The van der Waals surface area contributed by atoms with Gasteiger partial charge in [0.1, 0.15) is 11.5 Å². The Hall–Kier alpha value is -1.69. The van der Waals surface area contributed by atoms with Crippen LogP contribution in [0.2, 0.25) is 0 Å². The van der Waals surface area contributed by atoms with Crippen LogP contribution in [0.5, 0.6) is 0 Å². The van der Waals surface area contributed by atoms with Crippen LogP contribution < -0.4 is 0 Å². The zero-order valence-electron chi connectivity index (χ0n) is 11.9. The number of halogens is 1. The smallest absolute Gasteiger partial charge is 0.273 e. The molecule has 0 bridgehead atoms. The zero-order valence-corrected chi connectivity index (χ0v) is 13.5. The molecule has 5 nitrogen and oxygen atoms in total. The molecule has 1 fully saturated rings. The fraction of sp³-hybridized carbons (Fsp3) is 0.400. The Morgan fingerprint density at radius 2 is 2.29 bits per heavy atom. The number of rotatable bonds is 3. The Balaban J connectivity index is 1.79. The molecule has 0 spiro atoms. The number of aromatic nitrogens is 3. The molecule has 0 saturated carbocycles. The Bertz CT molecular complexity index is 655. The number of carbonyl (C=O) groups excluding carboxylic acids is 1. The number of imidazole rings is 1. The van der Waals surface area contributed by atoms with Gasteiger partial charge in [-0.25, -0.2) is 9.97 Å². The average Bonchev–Trinajstić information content (AvgIpc) is 3.09. The van der Waals surface area contributed by atoms with Crippen LogP contribution in [0.4, 0.5) is 0 Å². The first-order valence-electron chi connectivity index (χ1n) is 7.06. The monoisotopic (exact) mass is 348 g/mol. The maximum Gasteiger partial charge on any atom is 0.273 e. The van der Waals surface area contributed by atoms with E-state index in [1.165, 1.54) is 0 Å². The van der Waals surface area contributed by atoms with Gasteiger partial charge in [-0.15, -0.1) is 0 Å². The SMILES string of the molecule is Cc1nccn1CC1CCCN1C(=O)c1ncccc1Br. The fourth-order valence-electron chi connectivity index (χ4n) is 2.80. The second-order valence-electron chi connectivity index (χ2n) is 5.26. The van der Waals surface area contributed by atoms with E-state index < -0.39 is 0 Å². The second kappa shape index (κ2) is 5.97. The number of amides is 1. The van der Waals surface area contributed by atoms with Crippen LogP contribution >= 0.6 is 15.9 Å². The fourth-order valence-corrected chi connectivity index (χ4v) is 3.22. The Kier molecular flexibility index (Phi) is 4.05. The summed E-state index contributed by atoms with van der Waals surface area (Å²) in [6.45, 7) is 3.57. The maximum atomic E-state index is 12.7. The van der Waals surface area contributed by atoms with Gasteiger partial charge in [0.05, 0.1) is 6.04 Å². The van der Waals surface area contributed by atoms with Gasteiger partial charge in [-0.3, -0.25) is 4.79 Å². The van der Waals surface area contributed by atoms with Gasteiger partial charge in [0.15, 0.2) is 0 Å². The van der Waals surface area contributed by atoms with Gasteiger partial charge < -0.3 is 9.47 Å². The minimum Gasteiger partial charge on any atom is -0.333 e. The van der Waals surface area contributed by atoms with E-state index in [0.29, 0.717) is 5.69 Å². The topological polar surface area (TPSA) is 51.0 Å². The lowest BCUT2D eigenvalue weighted by Gasteiger charge is -2.25. The molecule has 6 heteroatoms. The highest BCUT2D eigenvalue weighted by atomic mass is 79.9. The van der Waals surface area contributed by atoms with Crippen LogP contribution in [-0.2, 0) is 6.54 Å². The maximum absolute atomic E-state index is 12.7. The molecule has 3 heterocycles. The van der Waals surface area contributed by atoms with Crippen molar-refractivity contribution < 1.29 is 4.79 Å². The van der Waals surface area contributed by atoms with Crippen molar-refractivity contribution >= 4 is 21.8 Å². The number of nitrogens with zero attached hydrogens (tertiary/aromatic N) is 4. The average molecular weight is 349 g/mol. The first-order valence-corrected chi connectivity index (χ1v) is 7.85. The number of hydrogen-bond acceptors (Lipinski definition) is 3. The summed E-state index contributed by atoms with van der Waals surface area (Å²) >= 11 is 3.41. The summed E-state index contributed by atoms with van der Waals surface area (Å²) in [5.41, 5.74) is 0.492. The van der Waals surface area contributed by atoms with Crippen molar-refractivity contribution in [3.05, 3.63) is 46.7 Å². The second-order valence-corrected chi connectivity index (χ2v) is 6.11. The number of likely N-dealkylation sites (tertiary alicyclic amines) is 1. The highest BCUT2D eigenvalue weighted by molar-refractivity contribution is 9.10. The van der Waals surface area contributed by atoms with Crippen molar-refractivity contribution in [2.24, 2.45) is 0 Å². The van der Waals surface area contributed by atoms with Crippen LogP contribution in [-0.4, -0.2) is 37.9 Å². The zero-order chi connectivity index (χ0) is 14.8. The highest BCUT2D eigenvalue weighted by Gasteiger charge is 2.31. The van der Waals surface area contributed by atoms with E-state index in [4.69, 9.17) is 0 Å². The van der Waals surface area contributed by atoms with Gasteiger partial charge >= 0.3 is 0 Å². The van der Waals surface area contributed by atoms with Crippen molar-refractivity contribution in [3.8, 4) is 0 Å². The van der Waals surface area contributed by atoms with Crippen LogP contribution in [0, 0.1) is 6.92 Å². The molecule has 1 unspecified atom stereocenters. The summed E-state index contributed by atoms with van der Waals surface area (Å²) < 4.78 is 2.85. The predicted octanol–water partition coefficient (Wildman–Crippen LogP) is 2.65. The van der Waals surface area contributed by atoms with Gasteiger partial charge in [0, 0.05) is 36.2 Å². The molecular formula is C15H17BrN4O. The first kappa shape index (κ1) is 14.3. The van der Waals surface area contributed by atoms with Crippen LogP contribution in [0.25, 0.3) is 0 Å². The number of pyridine rings is 1. The summed E-state index contributed by atoms with van der Waals surface area (Å²) in [7, 11) is 0. The summed E-state index contributed by atoms with van der Waals surface area (Å²) in [6.07, 6.45) is 7.48. The van der Waals surface area contributed by atoms with Gasteiger partial charge in [0.25, 0.3) is 5.91 Å². The number of carbonyl (C=O) groups is 1. The molecule has 0 aliphatic carbocycles. The summed E-state index contributed by atoms with van der Waals surface area (Å²) in [6, 6.07) is 3.88. The molecule has 0 aromatic carbocycles. The predicted molar refractivity (Wildman–Crippen MR) is 83.0 cm³/mol. The van der Waals surface area contributed by atoms with E-state index in [-0.39, 0.29) is 11.9 Å². The van der Waals surface area contributed by atoms with E-state index in [0.717, 1.165) is 36.2 Å². The van der Waals surface area contributed by atoms with Crippen LogP contribution in [0.15, 0.2) is 35.2 Å². The van der Waals surface area contributed by atoms with E-state index in [9.17, 15) is 4.79 Å². The third-order valence-corrected chi connectivity index (χ3v) is 4.57. The van der Waals surface area contributed by atoms with Crippen molar-refractivity contribution in [3.63, 3.8) is 0 Å². The van der Waals surface area contributed by atoms with Gasteiger partial charge in [0.2, 0.25) is 0 Å². The molecular weight excluding hydrogens is 332 g/mol. The quantitative estimate of drug-likeness (QED) is 0.856. The largest absolute Gasteiger partial charge is 0.333 e. The molecule has 110 valence electrons. The van der Waals surface area contributed by atoms with E-state index in [1.54, 1.807) is 12.4 Å². The molecule has 2 aromatic heterocycles. The van der Waals surface area contributed by atoms with Crippen molar-refractivity contribution in [2.75, 3.05) is 6.54 Å².